The zero-order valence-corrected chi connectivity index (χ0v) is 13.7. The first-order valence-electron chi connectivity index (χ1n) is 7.10. The smallest absolute Gasteiger partial charge is 0.326 e. The maximum atomic E-state index is 14.9. The lowest BCUT2D eigenvalue weighted by molar-refractivity contribution is -0.117. The molecule has 2 aromatic rings. The lowest BCUT2D eigenvalue weighted by Gasteiger charge is -2.18. The molecule has 0 atom stereocenters. The van der Waals surface area contributed by atoms with E-state index >= 15 is 0 Å². The van der Waals surface area contributed by atoms with E-state index in [0.29, 0.717) is 9.87 Å². The van der Waals surface area contributed by atoms with Gasteiger partial charge in [0.05, 0.1) is 6.20 Å². The van der Waals surface area contributed by atoms with Gasteiger partial charge in [-0.15, -0.1) is 0 Å². The van der Waals surface area contributed by atoms with Gasteiger partial charge in [0.2, 0.25) is 0 Å². The first-order valence-corrected chi connectivity index (χ1v) is 8.54. The molecule has 1 aromatic heterocycles. The number of amides is 1. The molecule has 128 valence electrons. The summed E-state index contributed by atoms with van der Waals surface area (Å²) >= 11 is 0. The van der Waals surface area contributed by atoms with Crippen LogP contribution in [-0.4, -0.2) is 35.8 Å². The number of carbonyl (C=O) groups excluding carboxylic acids is 1. The zero-order chi connectivity index (χ0) is 17.6. The predicted molar refractivity (Wildman–Crippen MR) is 84.1 cm³/mol. The number of phenolic OH excluding ortho intramolecular Hbond substituents is 1. The van der Waals surface area contributed by atoms with Crippen LogP contribution in [0.2, 0.25) is 0 Å². The predicted octanol–water partition coefficient (Wildman–Crippen LogP) is 1.16. The molecule has 0 saturated carbocycles. The van der Waals surface area contributed by atoms with Crippen molar-refractivity contribution in [1.29, 1.82) is 0 Å². The highest BCUT2D eigenvalue weighted by Gasteiger charge is 2.38. The van der Waals surface area contributed by atoms with Crippen molar-refractivity contribution in [2.75, 3.05) is 10.8 Å². The summed E-state index contributed by atoms with van der Waals surface area (Å²) in [5.74, 6) is -2.32. The van der Waals surface area contributed by atoms with E-state index in [2.05, 4.69) is 5.10 Å². The molecule has 2 N–H and O–H groups in total. The van der Waals surface area contributed by atoms with Crippen LogP contribution in [0, 0.1) is 5.82 Å². The van der Waals surface area contributed by atoms with Crippen molar-refractivity contribution in [2.45, 2.75) is 19.9 Å². The Morgan fingerprint density at radius 1 is 1.38 bits per heavy atom. The van der Waals surface area contributed by atoms with Gasteiger partial charge in [0, 0.05) is 23.4 Å². The van der Waals surface area contributed by atoms with E-state index < -0.39 is 39.9 Å². The Bertz CT molecular complexity index is 923. The van der Waals surface area contributed by atoms with Gasteiger partial charge in [-0.3, -0.25) is 9.48 Å². The van der Waals surface area contributed by atoms with E-state index in [-0.39, 0.29) is 11.6 Å². The standard InChI is InChI=1S/C14H15FN4O4S/c1-8(2)18-6-9(5-16-18)10-3-4-11(20)14(13(10)15)19-7-12(21)17-24(19,22)23/h3-6,8,20H,7H2,1-2H3,(H,17,21). The highest BCUT2D eigenvalue weighted by molar-refractivity contribution is 7.92. The number of hydrogen-bond donors (Lipinski definition) is 2. The van der Waals surface area contributed by atoms with E-state index in [1.807, 2.05) is 13.8 Å². The monoisotopic (exact) mass is 354 g/mol. The molecule has 1 fully saturated rings. The van der Waals surface area contributed by atoms with Crippen LogP contribution >= 0.6 is 0 Å². The van der Waals surface area contributed by atoms with Gasteiger partial charge in [-0.05, 0) is 26.0 Å². The van der Waals surface area contributed by atoms with E-state index in [9.17, 15) is 22.7 Å². The summed E-state index contributed by atoms with van der Waals surface area (Å²) in [6, 6.07) is 2.58. The van der Waals surface area contributed by atoms with Gasteiger partial charge in [0.1, 0.15) is 18.0 Å². The molecule has 10 heteroatoms. The second kappa shape index (κ2) is 5.48. The second-order valence-electron chi connectivity index (χ2n) is 5.63. The summed E-state index contributed by atoms with van der Waals surface area (Å²) < 4.78 is 42.6. The van der Waals surface area contributed by atoms with E-state index in [4.69, 9.17) is 0 Å². The molecular formula is C14H15FN4O4S. The molecule has 3 rings (SSSR count). The molecule has 1 aliphatic rings. The van der Waals surface area contributed by atoms with Crippen LogP contribution < -0.4 is 9.03 Å². The third-order valence-corrected chi connectivity index (χ3v) is 4.98. The molecule has 0 radical (unpaired) electrons. The van der Waals surface area contributed by atoms with Crippen molar-refractivity contribution in [3.63, 3.8) is 0 Å². The molecule has 24 heavy (non-hydrogen) atoms. The number of anilines is 1. The molecule has 1 aromatic carbocycles. The highest BCUT2D eigenvalue weighted by Crippen LogP contribution is 2.38. The van der Waals surface area contributed by atoms with Crippen LogP contribution in [0.25, 0.3) is 11.1 Å². The number of rotatable bonds is 3. The van der Waals surface area contributed by atoms with Gasteiger partial charge in [-0.25, -0.2) is 13.4 Å². The first kappa shape index (κ1) is 16.2. The first-order chi connectivity index (χ1) is 11.2. The van der Waals surface area contributed by atoms with Gasteiger partial charge in [-0.2, -0.15) is 13.5 Å². The van der Waals surface area contributed by atoms with Gasteiger partial charge in [0.15, 0.2) is 5.82 Å². The normalized spacial score (nSPS) is 16.7. The Kier molecular flexibility index (Phi) is 3.71. The summed E-state index contributed by atoms with van der Waals surface area (Å²) in [6.07, 6.45) is 3.06. The van der Waals surface area contributed by atoms with Gasteiger partial charge >= 0.3 is 10.2 Å². The molecule has 0 bridgehead atoms. The molecule has 1 saturated heterocycles. The Morgan fingerprint density at radius 3 is 2.62 bits per heavy atom. The van der Waals surface area contributed by atoms with E-state index in [0.717, 1.165) is 0 Å². The molecule has 2 heterocycles. The van der Waals surface area contributed by atoms with Crippen molar-refractivity contribution in [2.24, 2.45) is 0 Å². The van der Waals surface area contributed by atoms with Gasteiger partial charge < -0.3 is 5.11 Å². The summed E-state index contributed by atoms with van der Waals surface area (Å²) in [6.45, 7) is 3.22. The lowest BCUT2D eigenvalue weighted by Crippen LogP contribution is -2.30. The minimum atomic E-state index is -4.23. The average Bonchev–Trinajstić information content (AvgIpc) is 3.04. The summed E-state index contributed by atoms with van der Waals surface area (Å²) in [7, 11) is -4.23. The summed E-state index contributed by atoms with van der Waals surface area (Å²) in [5.41, 5.74) is -0.0641. The van der Waals surface area contributed by atoms with Crippen LogP contribution in [0.5, 0.6) is 5.75 Å². The lowest BCUT2D eigenvalue weighted by atomic mass is 10.1. The fraction of sp³-hybridized carbons (Fsp3) is 0.286. The Labute approximate surface area is 137 Å². The summed E-state index contributed by atoms with van der Waals surface area (Å²) in [5, 5.41) is 14.0. The number of phenols is 1. The number of halogens is 1. The average molecular weight is 354 g/mol. The molecule has 1 aliphatic heterocycles. The van der Waals surface area contributed by atoms with Crippen LogP contribution in [0.4, 0.5) is 10.1 Å². The molecule has 0 spiro atoms. The van der Waals surface area contributed by atoms with Crippen molar-refractivity contribution < 1.29 is 22.7 Å². The number of nitrogens with one attached hydrogen (secondary N) is 1. The van der Waals surface area contributed by atoms with E-state index in [1.165, 1.54) is 18.3 Å². The zero-order valence-electron chi connectivity index (χ0n) is 12.9. The summed E-state index contributed by atoms with van der Waals surface area (Å²) in [4.78, 5) is 11.3. The SMILES string of the molecule is CC(C)n1cc(-c2ccc(O)c(N3CC(=O)NS3(=O)=O)c2F)cn1. The van der Waals surface area contributed by atoms with Crippen molar-refractivity contribution >= 4 is 21.8 Å². The minimum absolute atomic E-state index is 0.0687. The Balaban J connectivity index is 2.13. The number of hydrogen-bond acceptors (Lipinski definition) is 5. The molecule has 0 aliphatic carbocycles. The molecule has 0 unspecified atom stereocenters. The van der Waals surface area contributed by atoms with Crippen LogP contribution in [0.3, 0.4) is 0 Å². The van der Waals surface area contributed by atoms with Crippen molar-refractivity contribution in [3.05, 3.63) is 30.3 Å². The topological polar surface area (TPSA) is 105 Å². The fourth-order valence-electron chi connectivity index (χ4n) is 2.42. The van der Waals surface area contributed by atoms with Crippen LogP contribution in [0.15, 0.2) is 24.5 Å². The van der Waals surface area contributed by atoms with Crippen LogP contribution in [-0.2, 0) is 15.0 Å². The van der Waals surface area contributed by atoms with Gasteiger partial charge in [-0.1, -0.05) is 0 Å². The third-order valence-electron chi connectivity index (χ3n) is 3.61. The third kappa shape index (κ3) is 2.58. The van der Waals surface area contributed by atoms with Crippen molar-refractivity contribution in [1.82, 2.24) is 14.5 Å². The Morgan fingerprint density at radius 2 is 2.08 bits per heavy atom. The quantitative estimate of drug-likeness (QED) is 0.861. The van der Waals surface area contributed by atoms with Crippen LogP contribution in [0.1, 0.15) is 19.9 Å². The number of carbonyl (C=O) groups is 1. The maximum Gasteiger partial charge on any atom is 0.326 e. The van der Waals surface area contributed by atoms with E-state index in [1.54, 1.807) is 15.6 Å². The van der Waals surface area contributed by atoms with Crippen molar-refractivity contribution in [3.8, 4) is 16.9 Å². The van der Waals surface area contributed by atoms with Gasteiger partial charge in [0.25, 0.3) is 5.91 Å². The largest absolute Gasteiger partial charge is 0.506 e. The fourth-order valence-corrected chi connectivity index (χ4v) is 3.58. The molecule has 1 amide bonds. The highest BCUT2D eigenvalue weighted by atomic mass is 32.2. The minimum Gasteiger partial charge on any atom is -0.506 e. The maximum absolute atomic E-state index is 14.9. The number of benzene rings is 1. The molecule has 8 nitrogen and oxygen atoms in total. The number of nitrogens with zero attached hydrogens (tertiary/aromatic N) is 3. The Hall–Kier alpha value is -2.62. The second-order valence-corrected chi connectivity index (χ2v) is 7.23. The number of aromatic hydroxyl groups is 1. The molecular weight excluding hydrogens is 339 g/mol. The number of aromatic nitrogens is 2.